The van der Waals surface area contributed by atoms with Crippen molar-refractivity contribution < 1.29 is 23.9 Å². The highest BCUT2D eigenvalue weighted by Crippen LogP contribution is 2.23. The van der Waals surface area contributed by atoms with Crippen molar-refractivity contribution in [2.24, 2.45) is 5.41 Å². The van der Waals surface area contributed by atoms with E-state index in [9.17, 15) is 14.4 Å². The van der Waals surface area contributed by atoms with Crippen molar-refractivity contribution in [1.29, 1.82) is 0 Å². The van der Waals surface area contributed by atoms with E-state index in [-0.39, 0.29) is 30.3 Å². The zero-order chi connectivity index (χ0) is 23.7. The van der Waals surface area contributed by atoms with E-state index in [2.05, 4.69) is 11.9 Å². The van der Waals surface area contributed by atoms with Crippen LogP contribution in [0.15, 0.2) is 12.2 Å². The first-order chi connectivity index (χ1) is 14.6. The Hall–Kier alpha value is -1.54. The summed E-state index contributed by atoms with van der Waals surface area (Å²) < 4.78 is 10.1. The number of ether oxygens (including phenoxy) is 2. The maximum absolute atomic E-state index is 12.3. The maximum atomic E-state index is 12.3. The van der Waals surface area contributed by atoms with Gasteiger partial charge in [-0.2, -0.15) is 11.8 Å². The molecule has 0 aromatic rings. The molecule has 0 saturated carbocycles. The molecule has 0 saturated heterocycles. The van der Waals surface area contributed by atoms with E-state index in [1.54, 1.807) is 6.92 Å². The van der Waals surface area contributed by atoms with Gasteiger partial charge in [0.1, 0.15) is 0 Å². The minimum Gasteiger partial charge on any atom is -0.466 e. The van der Waals surface area contributed by atoms with Gasteiger partial charge in [-0.15, -0.1) is 0 Å². The Morgan fingerprint density at radius 3 is 2.29 bits per heavy atom. The molecule has 0 heterocycles. The molecule has 0 unspecified atom stereocenters. The molecule has 0 rings (SSSR count). The first-order valence-electron chi connectivity index (χ1n) is 11.1. The Kier molecular flexibility index (Phi) is 16.2. The summed E-state index contributed by atoms with van der Waals surface area (Å²) in [5, 5.41) is 3.00. The molecule has 0 aliphatic carbocycles. The lowest BCUT2D eigenvalue weighted by Crippen LogP contribution is -2.41. The number of thioether (sulfide) groups is 1. The highest BCUT2D eigenvalue weighted by Gasteiger charge is 2.26. The SMILES string of the molecule is C=C(C)C(=O)OCCCC(=O)OCCCCCCSCC(C)(C)C(=O)NCCN(C)C. The van der Waals surface area contributed by atoms with E-state index in [0.717, 1.165) is 43.7 Å². The van der Waals surface area contributed by atoms with Gasteiger partial charge in [0, 0.05) is 30.8 Å². The third-order valence-corrected chi connectivity index (χ3v) is 5.98. The molecule has 180 valence electrons. The number of carbonyl (C=O) groups excluding carboxylic acids is 3. The molecule has 7 nitrogen and oxygen atoms in total. The van der Waals surface area contributed by atoms with Crippen LogP contribution in [0.5, 0.6) is 0 Å². The summed E-state index contributed by atoms with van der Waals surface area (Å²) in [5.74, 6) is 1.25. The predicted octanol–water partition coefficient (Wildman–Crippen LogP) is 3.43. The fraction of sp³-hybridized carbons (Fsp3) is 0.783. The number of carbonyl (C=O) groups is 3. The van der Waals surface area contributed by atoms with Crippen molar-refractivity contribution in [2.45, 2.75) is 59.3 Å². The Balaban J connectivity index is 3.60. The van der Waals surface area contributed by atoms with Gasteiger partial charge in [0.2, 0.25) is 5.91 Å². The molecule has 0 bridgehead atoms. The number of nitrogens with one attached hydrogen (secondary N) is 1. The van der Waals surface area contributed by atoms with Crippen molar-refractivity contribution in [1.82, 2.24) is 10.2 Å². The molecule has 0 aromatic heterocycles. The second-order valence-electron chi connectivity index (χ2n) is 8.65. The monoisotopic (exact) mass is 458 g/mol. The van der Waals surface area contributed by atoms with Crippen molar-refractivity contribution in [3.8, 4) is 0 Å². The van der Waals surface area contributed by atoms with Crippen LogP contribution in [0.4, 0.5) is 0 Å². The van der Waals surface area contributed by atoms with Gasteiger partial charge in [-0.25, -0.2) is 4.79 Å². The molecule has 0 aromatic carbocycles. The minimum atomic E-state index is -0.432. The van der Waals surface area contributed by atoms with Gasteiger partial charge in [0.05, 0.1) is 18.6 Å². The molecule has 31 heavy (non-hydrogen) atoms. The number of nitrogens with zero attached hydrogens (tertiary/aromatic N) is 1. The van der Waals surface area contributed by atoms with E-state index in [1.165, 1.54) is 0 Å². The van der Waals surface area contributed by atoms with Crippen LogP contribution in [0, 0.1) is 5.41 Å². The molecule has 0 spiro atoms. The minimum absolute atomic E-state index is 0.109. The van der Waals surface area contributed by atoms with Gasteiger partial charge >= 0.3 is 11.9 Å². The average molecular weight is 459 g/mol. The normalized spacial score (nSPS) is 11.3. The van der Waals surface area contributed by atoms with Crippen LogP contribution in [-0.4, -0.2) is 74.7 Å². The van der Waals surface area contributed by atoms with Gasteiger partial charge in [-0.05, 0) is 46.0 Å². The lowest BCUT2D eigenvalue weighted by molar-refractivity contribution is -0.146. The predicted molar refractivity (Wildman–Crippen MR) is 127 cm³/mol. The van der Waals surface area contributed by atoms with Crippen LogP contribution in [0.2, 0.25) is 0 Å². The maximum Gasteiger partial charge on any atom is 0.333 e. The molecular formula is C23H42N2O5S. The Labute approximate surface area is 192 Å². The highest BCUT2D eigenvalue weighted by molar-refractivity contribution is 7.99. The second-order valence-corrected chi connectivity index (χ2v) is 9.76. The van der Waals surface area contributed by atoms with Crippen molar-refractivity contribution >= 4 is 29.6 Å². The number of hydrogen-bond acceptors (Lipinski definition) is 7. The lowest BCUT2D eigenvalue weighted by atomic mass is 9.95. The third kappa shape index (κ3) is 16.8. The van der Waals surface area contributed by atoms with Crippen LogP contribution in [-0.2, 0) is 23.9 Å². The second kappa shape index (κ2) is 17.1. The van der Waals surface area contributed by atoms with E-state index >= 15 is 0 Å². The molecule has 1 amide bonds. The summed E-state index contributed by atoms with van der Waals surface area (Å²) in [6.07, 6.45) is 4.74. The fourth-order valence-electron chi connectivity index (χ4n) is 2.45. The number of amides is 1. The van der Waals surface area contributed by atoms with Crippen molar-refractivity contribution in [2.75, 3.05) is 51.9 Å². The molecule has 8 heteroatoms. The Morgan fingerprint density at radius 1 is 1.00 bits per heavy atom. The lowest BCUT2D eigenvalue weighted by Gasteiger charge is -2.23. The van der Waals surface area contributed by atoms with Gasteiger partial charge in [0.15, 0.2) is 0 Å². The number of hydrogen-bond donors (Lipinski definition) is 1. The first kappa shape index (κ1) is 29.5. The topological polar surface area (TPSA) is 84.9 Å². The summed E-state index contributed by atoms with van der Waals surface area (Å²) in [6, 6.07) is 0. The molecule has 0 atom stereocenters. The standard InChI is InChI=1S/C23H42N2O5S/c1-19(2)21(27)30-16-11-12-20(26)29-15-9-7-8-10-17-31-18-23(3,4)22(28)24-13-14-25(5)6/h1,7-18H2,2-6H3,(H,24,28). The van der Waals surface area contributed by atoms with E-state index < -0.39 is 5.97 Å². The number of esters is 2. The number of rotatable bonds is 18. The van der Waals surface area contributed by atoms with E-state index in [1.807, 2.05) is 44.6 Å². The molecule has 0 aliphatic heterocycles. The fourth-order valence-corrected chi connectivity index (χ4v) is 3.64. The van der Waals surface area contributed by atoms with Crippen molar-refractivity contribution in [3.05, 3.63) is 12.2 Å². The molecule has 0 aliphatic rings. The van der Waals surface area contributed by atoms with E-state index in [4.69, 9.17) is 9.47 Å². The van der Waals surface area contributed by atoms with Crippen LogP contribution in [0.1, 0.15) is 59.3 Å². The number of likely N-dealkylation sites (N-methyl/N-ethyl adjacent to an activating group) is 1. The van der Waals surface area contributed by atoms with Crippen LogP contribution < -0.4 is 5.32 Å². The quantitative estimate of drug-likeness (QED) is 0.191. The molecule has 0 fully saturated rings. The van der Waals surface area contributed by atoms with Crippen LogP contribution in [0.25, 0.3) is 0 Å². The number of unbranched alkanes of at least 4 members (excludes halogenated alkanes) is 3. The van der Waals surface area contributed by atoms with Gasteiger partial charge in [-0.3, -0.25) is 9.59 Å². The van der Waals surface area contributed by atoms with Gasteiger partial charge in [-0.1, -0.05) is 33.3 Å². The van der Waals surface area contributed by atoms with Crippen LogP contribution >= 0.6 is 11.8 Å². The largest absolute Gasteiger partial charge is 0.466 e. The van der Waals surface area contributed by atoms with Gasteiger partial charge < -0.3 is 19.7 Å². The molecule has 1 N–H and O–H groups in total. The average Bonchev–Trinajstić information content (AvgIpc) is 2.69. The summed E-state index contributed by atoms with van der Waals surface area (Å²) in [4.78, 5) is 37.1. The smallest absolute Gasteiger partial charge is 0.333 e. The Bertz CT molecular complexity index is 564. The summed E-state index contributed by atoms with van der Waals surface area (Å²) in [7, 11) is 3.98. The summed E-state index contributed by atoms with van der Waals surface area (Å²) in [5.41, 5.74) is -0.0144. The first-order valence-corrected chi connectivity index (χ1v) is 12.2. The highest BCUT2D eigenvalue weighted by atomic mass is 32.2. The molecular weight excluding hydrogens is 416 g/mol. The summed E-state index contributed by atoms with van der Waals surface area (Å²) in [6.45, 7) is 11.2. The van der Waals surface area contributed by atoms with Crippen molar-refractivity contribution in [3.63, 3.8) is 0 Å². The van der Waals surface area contributed by atoms with Gasteiger partial charge in [0.25, 0.3) is 0 Å². The zero-order valence-electron chi connectivity index (χ0n) is 20.1. The Morgan fingerprint density at radius 2 is 1.65 bits per heavy atom. The third-order valence-electron chi connectivity index (χ3n) is 4.48. The zero-order valence-corrected chi connectivity index (χ0v) is 20.9. The molecule has 0 radical (unpaired) electrons. The summed E-state index contributed by atoms with van der Waals surface area (Å²) >= 11 is 1.81. The van der Waals surface area contributed by atoms with Crippen LogP contribution in [0.3, 0.4) is 0 Å². The van der Waals surface area contributed by atoms with E-state index in [0.29, 0.717) is 25.1 Å².